The quantitative estimate of drug-likeness (QED) is 0.711. The monoisotopic (exact) mass is 264 g/mol. The molecule has 0 radical (unpaired) electrons. The van der Waals surface area contributed by atoms with Crippen LogP contribution >= 0.6 is 0 Å². The molecule has 0 N–H and O–H groups in total. The zero-order chi connectivity index (χ0) is 13.8. The number of ether oxygens (including phenoxy) is 1. The lowest BCUT2D eigenvalue weighted by atomic mass is 10.1. The van der Waals surface area contributed by atoms with Gasteiger partial charge in [-0.25, -0.2) is 0 Å². The normalized spacial score (nSPS) is 12.4. The molecule has 0 bridgehead atoms. The number of hydrogen-bond donors (Lipinski definition) is 0. The number of nitrogens with zero attached hydrogens (tertiary/aromatic N) is 6. The van der Waals surface area contributed by atoms with Crippen LogP contribution in [0, 0.1) is 5.92 Å². The van der Waals surface area contributed by atoms with E-state index in [1.807, 2.05) is 24.8 Å². The van der Waals surface area contributed by atoms with Gasteiger partial charge >= 0.3 is 5.97 Å². The van der Waals surface area contributed by atoms with Crippen LogP contribution in [0.2, 0.25) is 0 Å². The van der Waals surface area contributed by atoms with Gasteiger partial charge in [0, 0.05) is 13.1 Å². The van der Waals surface area contributed by atoms with E-state index in [0.29, 0.717) is 12.2 Å². The van der Waals surface area contributed by atoms with Crippen LogP contribution in [0.4, 0.5) is 5.82 Å². The number of fused-ring (bicyclic) bond motifs is 1. The first-order valence-electron chi connectivity index (χ1n) is 6.04. The summed E-state index contributed by atoms with van der Waals surface area (Å²) in [7, 11) is 1.39. The molecule has 2 heterocycles. The first kappa shape index (κ1) is 13.2. The first-order chi connectivity index (χ1) is 9.15. The van der Waals surface area contributed by atoms with Crippen molar-refractivity contribution in [1.29, 1.82) is 0 Å². The van der Waals surface area contributed by atoms with Crippen LogP contribution in [0.25, 0.3) is 5.65 Å². The van der Waals surface area contributed by atoms with Crippen LogP contribution in [0.5, 0.6) is 0 Å². The molecule has 0 saturated heterocycles. The Balaban J connectivity index is 2.18. The Morgan fingerprint density at radius 3 is 3.00 bits per heavy atom. The van der Waals surface area contributed by atoms with E-state index in [1.54, 1.807) is 6.07 Å². The van der Waals surface area contributed by atoms with E-state index in [0.717, 1.165) is 12.4 Å². The highest BCUT2D eigenvalue weighted by molar-refractivity contribution is 5.72. The van der Waals surface area contributed by atoms with Gasteiger partial charge in [0.05, 0.1) is 13.0 Å². The molecule has 0 aliphatic rings. The van der Waals surface area contributed by atoms with Crippen molar-refractivity contribution in [1.82, 2.24) is 25.3 Å². The number of anilines is 1. The summed E-state index contributed by atoms with van der Waals surface area (Å²) in [5.74, 6) is 0.260. The lowest BCUT2D eigenvalue weighted by molar-refractivity contribution is -0.144. The molecule has 0 spiro atoms. The Morgan fingerprint density at radius 2 is 2.32 bits per heavy atom. The fraction of sp³-hybridized carbons (Fsp3) is 0.545. The molecule has 0 amide bonds. The second-order valence-electron chi connectivity index (χ2n) is 4.18. The van der Waals surface area contributed by atoms with Crippen LogP contribution in [-0.2, 0) is 9.53 Å². The summed E-state index contributed by atoms with van der Waals surface area (Å²) in [6.45, 7) is 5.07. The number of carbonyl (C=O) groups is 1. The predicted molar refractivity (Wildman–Crippen MR) is 67.6 cm³/mol. The molecule has 2 rings (SSSR count). The molecule has 1 atom stereocenters. The Kier molecular flexibility index (Phi) is 3.88. The van der Waals surface area contributed by atoms with Gasteiger partial charge in [-0.3, -0.25) is 4.79 Å². The largest absolute Gasteiger partial charge is 0.469 e. The third-order valence-corrected chi connectivity index (χ3v) is 2.86. The minimum absolute atomic E-state index is 0.226. The standard InChI is InChI=1S/C11H16N6O2/c1-4-16(7-8(2)11(18)19-3)10-6-5-9-12-14-15-17(9)13-10/h5-6,8H,4,7H2,1-3H3. The molecule has 0 saturated carbocycles. The van der Waals surface area contributed by atoms with E-state index in [4.69, 9.17) is 4.74 Å². The molecule has 0 aliphatic heterocycles. The third kappa shape index (κ3) is 2.78. The minimum Gasteiger partial charge on any atom is -0.469 e. The zero-order valence-corrected chi connectivity index (χ0v) is 11.1. The maximum Gasteiger partial charge on any atom is 0.310 e. The molecule has 0 fully saturated rings. The molecule has 102 valence electrons. The first-order valence-corrected chi connectivity index (χ1v) is 6.04. The summed E-state index contributed by atoms with van der Waals surface area (Å²) in [5.41, 5.74) is 0.584. The molecule has 1 unspecified atom stereocenters. The predicted octanol–water partition coefficient (Wildman–Crippen LogP) is 0.155. The summed E-state index contributed by atoms with van der Waals surface area (Å²) in [5, 5.41) is 15.4. The lowest BCUT2D eigenvalue weighted by Crippen LogP contribution is -2.33. The van der Waals surface area contributed by atoms with Crippen LogP contribution in [0.15, 0.2) is 12.1 Å². The Labute approximate surface area is 110 Å². The second-order valence-corrected chi connectivity index (χ2v) is 4.18. The fourth-order valence-corrected chi connectivity index (χ4v) is 1.80. The van der Waals surface area contributed by atoms with Crippen molar-refractivity contribution in [2.45, 2.75) is 13.8 Å². The number of tetrazole rings is 1. The number of carbonyl (C=O) groups excluding carboxylic acids is 1. The minimum atomic E-state index is -0.234. The molecule has 8 heteroatoms. The van der Waals surface area contributed by atoms with Crippen molar-refractivity contribution in [3.63, 3.8) is 0 Å². The van der Waals surface area contributed by atoms with E-state index in [1.165, 1.54) is 11.7 Å². The Hall–Kier alpha value is -2.25. The number of esters is 1. The smallest absolute Gasteiger partial charge is 0.310 e. The maximum atomic E-state index is 11.5. The molecule has 0 aliphatic carbocycles. The van der Waals surface area contributed by atoms with Crippen LogP contribution in [-0.4, -0.2) is 51.4 Å². The number of rotatable bonds is 5. The van der Waals surface area contributed by atoms with Gasteiger partial charge in [-0.2, -0.15) is 0 Å². The van der Waals surface area contributed by atoms with Gasteiger partial charge in [-0.1, -0.05) is 6.92 Å². The number of hydrogen-bond acceptors (Lipinski definition) is 7. The van der Waals surface area contributed by atoms with Gasteiger partial charge in [0.1, 0.15) is 0 Å². The average Bonchev–Trinajstić information content (AvgIpc) is 2.90. The van der Waals surface area contributed by atoms with Gasteiger partial charge in [-0.15, -0.1) is 14.8 Å². The molecule has 8 nitrogen and oxygen atoms in total. The second kappa shape index (κ2) is 5.59. The number of methoxy groups -OCH3 is 1. The molecular formula is C11H16N6O2. The highest BCUT2D eigenvalue weighted by Gasteiger charge is 2.18. The van der Waals surface area contributed by atoms with Gasteiger partial charge < -0.3 is 9.64 Å². The van der Waals surface area contributed by atoms with Crippen LogP contribution in [0.3, 0.4) is 0 Å². The number of aromatic nitrogens is 5. The highest BCUT2D eigenvalue weighted by Crippen LogP contribution is 2.13. The van der Waals surface area contributed by atoms with Crippen molar-refractivity contribution in [2.75, 3.05) is 25.1 Å². The van der Waals surface area contributed by atoms with Gasteiger partial charge in [0.25, 0.3) is 0 Å². The molecule has 2 aromatic rings. The summed E-state index contributed by atoms with van der Waals surface area (Å²) >= 11 is 0. The molecule has 19 heavy (non-hydrogen) atoms. The van der Waals surface area contributed by atoms with Gasteiger partial charge in [-0.05, 0) is 29.5 Å². The van der Waals surface area contributed by atoms with Crippen LogP contribution in [0.1, 0.15) is 13.8 Å². The average molecular weight is 264 g/mol. The topological polar surface area (TPSA) is 85.5 Å². The summed E-state index contributed by atoms with van der Waals surface area (Å²) in [4.78, 5) is 13.4. The van der Waals surface area contributed by atoms with Crippen molar-refractivity contribution in [3.05, 3.63) is 12.1 Å². The SMILES string of the molecule is CCN(CC(C)C(=O)OC)c1ccc2nnnn2n1. The van der Waals surface area contributed by atoms with E-state index in [2.05, 4.69) is 20.6 Å². The molecule has 0 aromatic carbocycles. The summed E-state index contributed by atoms with van der Waals surface area (Å²) < 4.78 is 6.09. The van der Waals surface area contributed by atoms with E-state index < -0.39 is 0 Å². The van der Waals surface area contributed by atoms with Crippen molar-refractivity contribution in [3.8, 4) is 0 Å². The van der Waals surface area contributed by atoms with Crippen molar-refractivity contribution in [2.24, 2.45) is 5.92 Å². The van der Waals surface area contributed by atoms with Crippen molar-refractivity contribution < 1.29 is 9.53 Å². The molecule has 2 aromatic heterocycles. The van der Waals surface area contributed by atoms with Gasteiger partial charge in [0.15, 0.2) is 11.5 Å². The maximum absolute atomic E-state index is 11.5. The lowest BCUT2D eigenvalue weighted by Gasteiger charge is -2.23. The summed E-state index contributed by atoms with van der Waals surface area (Å²) in [6, 6.07) is 3.62. The van der Waals surface area contributed by atoms with E-state index in [-0.39, 0.29) is 11.9 Å². The third-order valence-electron chi connectivity index (χ3n) is 2.86. The fourth-order valence-electron chi connectivity index (χ4n) is 1.80. The van der Waals surface area contributed by atoms with E-state index >= 15 is 0 Å². The Bertz CT molecular complexity index is 569. The van der Waals surface area contributed by atoms with Gasteiger partial charge in [0.2, 0.25) is 0 Å². The zero-order valence-electron chi connectivity index (χ0n) is 11.1. The summed E-state index contributed by atoms with van der Waals surface area (Å²) in [6.07, 6.45) is 0. The van der Waals surface area contributed by atoms with Crippen molar-refractivity contribution >= 4 is 17.4 Å². The van der Waals surface area contributed by atoms with Crippen LogP contribution < -0.4 is 4.90 Å². The highest BCUT2D eigenvalue weighted by atomic mass is 16.5. The van der Waals surface area contributed by atoms with E-state index in [9.17, 15) is 4.79 Å². The Morgan fingerprint density at radius 1 is 1.53 bits per heavy atom. The molecular weight excluding hydrogens is 248 g/mol.